The van der Waals surface area contributed by atoms with E-state index in [2.05, 4.69) is 11.1 Å². The number of hydrogen-bond acceptors (Lipinski definition) is 4. The molecule has 1 aromatic heterocycles. The third-order valence-electron chi connectivity index (χ3n) is 6.05. The molecule has 1 atom stereocenters. The van der Waals surface area contributed by atoms with Crippen LogP contribution in [0.25, 0.3) is 10.9 Å². The van der Waals surface area contributed by atoms with Crippen molar-refractivity contribution in [2.45, 2.75) is 19.3 Å². The van der Waals surface area contributed by atoms with Gasteiger partial charge in [-0.05, 0) is 24.6 Å². The van der Waals surface area contributed by atoms with E-state index >= 15 is 0 Å². The number of nitrogens with one attached hydrogen (secondary N) is 1. The van der Waals surface area contributed by atoms with Crippen molar-refractivity contribution in [1.29, 1.82) is 0 Å². The van der Waals surface area contributed by atoms with Gasteiger partial charge in [-0.15, -0.1) is 0 Å². The Morgan fingerprint density at radius 1 is 0.969 bits per heavy atom. The van der Waals surface area contributed by atoms with Crippen molar-refractivity contribution < 1.29 is 19.1 Å². The Labute approximate surface area is 187 Å². The van der Waals surface area contributed by atoms with Crippen molar-refractivity contribution >= 4 is 22.9 Å². The number of piperazine rings is 1. The first-order valence-electron chi connectivity index (χ1n) is 11.0. The Morgan fingerprint density at radius 2 is 1.66 bits per heavy atom. The lowest BCUT2D eigenvalue weighted by molar-refractivity contribution is -0.133. The van der Waals surface area contributed by atoms with E-state index in [-0.39, 0.29) is 17.9 Å². The number of benzene rings is 2. The summed E-state index contributed by atoms with van der Waals surface area (Å²) in [5, 5.41) is 1.10. The van der Waals surface area contributed by atoms with Gasteiger partial charge in [0.25, 0.3) is 0 Å². The molecule has 2 aromatic carbocycles. The molecule has 0 radical (unpaired) electrons. The number of rotatable bonds is 6. The van der Waals surface area contributed by atoms with Crippen LogP contribution in [0.3, 0.4) is 0 Å². The highest BCUT2D eigenvalue weighted by Crippen LogP contribution is 2.38. The normalized spacial score (nSPS) is 14.9. The number of aromatic amines is 1. The fourth-order valence-corrected chi connectivity index (χ4v) is 4.38. The van der Waals surface area contributed by atoms with Crippen LogP contribution < -0.4 is 4.74 Å². The van der Waals surface area contributed by atoms with E-state index in [1.54, 1.807) is 18.9 Å². The van der Waals surface area contributed by atoms with Crippen LogP contribution in [0.4, 0.5) is 4.79 Å². The molecule has 2 heterocycles. The first-order chi connectivity index (χ1) is 15.6. The summed E-state index contributed by atoms with van der Waals surface area (Å²) in [4.78, 5) is 32.2. The van der Waals surface area contributed by atoms with Crippen molar-refractivity contribution in [1.82, 2.24) is 14.8 Å². The fourth-order valence-electron chi connectivity index (χ4n) is 4.38. The molecule has 0 unspecified atom stereocenters. The molecule has 0 aliphatic carbocycles. The number of hydrogen-bond donors (Lipinski definition) is 1. The molecule has 1 N–H and O–H groups in total. The van der Waals surface area contributed by atoms with Gasteiger partial charge < -0.3 is 24.3 Å². The number of nitrogens with zero attached hydrogens (tertiary/aromatic N) is 2. The third-order valence-corrected chi connectivity index (χ3v) is 6.05. The second-order valence-corrected chi connectivity index (χ2v) is 7.86. The number of para-hydroxylation sites is 2. The maximum atomic E-state index is 13.4. The Balaban J connectivity index is 1.58. The highest BCUT2D eigenvalue weighted by Gasteiger charge is 2.29. The topological polar surface area (TPSA) is 74.9 Å². The number of carbonyl (C=O) groups excluding carboxylic acids is 2. The van der Waals surface area contributed by atoms with Gasteiger partial charge in [0, 0.05) is 61.2 Å². The summed E-state index contributed by atoms with van der Waals surface area (Å²) < 4.78 is 10.7. The number of fused-ring (bicyclic) bond motifs is 1. The van der Waals surface area contributed by atoms with E-state index in [0.717, 1.165) is 27.8 Å². The number of amides is 2. The minimum Gasteiger partial charge on any atom is -0.496 e. The fraction of sp³-hybridized carbons (Fsp3) is 0.360. The molecular formula is C25H29N3O4. The van der Waals surface area contributed by atoms with Gasteiger partial charge in [0.1, 0.15) is 5.75 Å². The van der Waals surface area contributed by atoms with Gasteiger partial charge in [-0.2, -0.15) is 0 Å². The standard InChI is InChI=1S/C25H29N3O4/c1-3-32-25(30)28-14-12-27(13-15-28)24(29)16-20(19-9-5-7-11-23(19)31-2)21-17-26-22-10-6-4-8-18(21)22/h4-11,17,20,26H,3,12-16H2,1-2H3/t20-/m1/s1. The Bertz CT molecular complexity index is 1090. The van der Waals surface area contributed by atoms with Gasteiger partial charge in [-0.3, -0.25) is 4.79 Å². The lowest BCUT2D eigenvalue weighted by Crippen LogP contribution is -2.50. The monoisotopic (exact) mass is 435 g/mol. The van der Waals surface area contributed by atoms with E-state index in [1.165, 1.54) is 0 Å². The smallest absolute Gasteiger partial charge is 0.409 e. The largest absolute Gasteiger partial charge is 0.496 e. The first-order valence-corrected chi connectivity index (χ1v) is 11.0. The van der Waals surface area contributed by atoms with Gasteiger partial charge in [-0.25, -0.2) is 4.79 Å². The number of H-pyrrole nitrogens is 1. The lowest BCUT2D eigenvalue weighted by atomic mass is 9.87. The summed E-state index contributed by atoms with van der Waals surface area (Å²) in [5.74, 6) is 0.676. The average Bonchev–Trinajstić information content (AvgIpc) is 3.26. The van der Waals surface area contributed by atoms with Crippen LogP contribution in [0.2, 0.25) is 0 Å². The van der Waals surface area contributed by atoms with Gasteiger partial charge in [0.2, 0.25) is 5.91 Å². The van der Waals surface area contributed by atoms with Crippen LogP contribution in [0, 0.1) is 0 Å². The predicted octanol–water partition coefficient (Wildman–Crippen LogP) is 4.00. The second kappa shape index (κ2) is 9.77. The lowest BCUT2D eigenvalue weighted by Gasteiger charge is -2.35. The minimum absolute atomic E-state index is 0.0645. The Kier molecular flexibility index (Phi) is 6.63. The van der Waals surface area contributed by atoms with Crippen LogP contribution in [0.5, 0.6) is 5.75 Å². The van der Waals surface area contributed by atoms with Crippen LogP contribution in [-0.4, -0.2) is 66.7 Å². The molecule has 7 heteroatoms. The molecule has 32 heavy (non-hydrogen) atoms. The van der Waals surface area contributed by atoms with Crippen LogP contribution in [0.15, 0.2) is 54.7 Å². The zero-order valence-corrected chi connectivity index (χ0v) is 18.5. The minimum atomic E-state index is -0.315. The number of carbonyl (C=O) groups is 2. The van der Waals surface area contributed by atoms with E-state index in [4.69, 9.17) is 9.47 Å². The predicted molar refractivity (Wildman–Crippen MR) is 123 cm³/mol. The number of aromatic nitrogens is 1. The number of methoxy groups -OCH3 is 1. The molecular weight excluding hydrogens is 406 g/mol. The van der Waals surface area contributed by atoms with E-state index < -0.39 is 0 Å². The van der Waals surface area contributed by atoms with Crippen molar-refractivity contribution in [3.8, 4) is 5.75 Å². The second-order valence-electron chi connectivity index (χ2n) is 7.86. The van der Waals surface area contributed by atoms with Crippen molar-refractivity contribution in [2.75, 3.05) is 39.9 Å². The molecule has 1 fully saturated rings. The highest BCUT2D eigenvalue weighted by atomic mass is 16.6. The zero-order valence-electron chi connectivity index (χ0n) is 18.5. The summed E-state index contributed by atoms with van der Waals surface area (Å²) in [5.41, 5.74) is 3.10. The van der Waals surface area contributed by atoms with Gasteiger partial charge >= 0.3 is 6.09 Å². The zero-order chi connectivity index (χ0) is 22.5. The van der Waals surface area contributed by atoms with Crippen LogP contribution in [0.1, 0.15) is 30.4 Å². The molecule has 2 amide bonds. The van der Waals surface area contributed by atoms with Gasteiger partial charge in [0.15, 0.2) is 0 Å². The molecule has 168 valence electrons. The summed E-state index contributed by atoms with van der Waals surface area (Å²) in [7, 11) is 1.65. The van der Waals surface area contributed by atoms with E-state index in [0.29, 0.717) is 39.2 Å². The first kappa shape index (κ1) is 21.7. The van der Waals surface area contributed by atoms with Crippen LogP contribution >= 0.6 is 0 Å². The molecule has 0 spiro atoms. The Morgan fingerprint density at radius 3 is 2.41 bits per heavy atom. The Hall–Kier alpha value is -3.48. The summed E-state index contributed by atoms with van der Waals surface area (Å²) in [6.45, 7) is 4.12. The molecule has 3 aromatic rings. The van der Waals surface area contributed by atoms with Crippen molar-refractivity contribution in [3.63, 3.8) is 0 Å². The maximum Gasteiger partial charge on any atom is 0.409 e. The average molecular weight is 436 g/mol. The van der Waals surface area contributed by atoms with Crippen molar-refractivity contribution in [2.24, 2.45) is 0 Å². The summed E-state index contributed by atoms with van der Waals surface area (Å²) in [6.07, 6.45) is 2.00. The summed E-state index contributed by atoms with van der Waals surface area (Å²) in [6, 6.07) is 16.0. The maximum absolute atomic E-state index is 13.4. The van der Waals surface area contributed by atoms with E-state index in [9.17, 15) is 9.59 Å². The van der Waals surface area contributed by atoms with Gasteiger partial charge in [-0.1, -0.05) is 36.4 Å². The third kappa shape index (κ3) is 4.42. The molecule has 7 nitrogen and oxygen atoms in total. The van der Waals surface area contributed by atoms with Crippen LogP contribution in [-0.2, 0) is 9.53 Å². The molecule has 1 saturated heterocycles. The number of ether oxygens (including phenoxy) is 2. The molecule has 0 saturated carbocycles. The SMILES string of the molecule is CCOC(=O)N1CCN(C(=O)C[C@H](c2ccccc2OC)c2c[nH]c3ccccc23)CC1. The highest BCUT2D eigenvalue weighted by molar-refractivity contribution is 5.86. The molecule has 0 bridgehead atoms. The molecule has 4 rings (SSSR count). The molecule has 1 aliphatic heterocycles. The quantitative estimate of drug-likeness (QED) is 0.635. The van der Waals surface area contributed by atoms with Gasteiger partial charge in [0.05, 0.1) is 13.7 Å². The summed E-state index contributed by atoms with van der Waals surface area (Å²) >= 11 is 0. The molecule has 1 aliphatic rings. The van der Waals surface area contributed by atoms with Crippen molar-refractivity contribution in [3.05, 3.63) is 65.9 Å². The van der Waals surface area contributed by atoms with E-state index in [1.807, 2.05) is 53.6 Å².